The van der Waals surface area contributed by atoms with E-state index in [2.05, 4.69) is 5.32 Å². The summed E-state index contributed by atoms with van der Waals surface area (Å²) in [6.07, 6.45) is 0.451. The summed E-state index contributed by atoms with van der Waals surface area (Å²) in [5, 5.41) is 2.87. The minimum atomic E-state index is -0.172. The van der Waals surface area contributed by atoms with Crippen LogP contribution in [0.2, 0.25) is 0 Å². The molecule has 1 aliphatic rings. The fourth-order valence-corrected chi connectivity index (χ4v) is 3.06. The second-order valence-corrected chi connectivity index (χ2v) is 6.77. The second-order valence-electron chi connectivity index (χ2n) is 6.77. The number of hydrogen-bond acceptors (Lipinski definition) is 3. The molecular weight excluding hydrogens is 328 g/mol. The number of aryl methyl sites for hydroxylation is 2. The average Bonchev–Trinajstić information content (AvgIpc) is 3.01. The minimum absolute atomic E-state index is 0.0206. The number of carbonyl (C=O) groups is 2. The van der Waals surface area contributed by atoms with Crippen LogP contribution in [0.5, 0.6) is 5.75 Å². The van der Waals surface area contributed by atoms with Crippen LogP contribution in [0.3, 0.4) is 0 Å². The zero-order chi connectivity index (χ0) is 18.5. The molecule has 0 radical (unpaired) electrons. The number of rotatable bonds is 6. The lowest BCUT2D eigenvalue weighted by Crippen LogP contribution is -2.34. The molecule has 5 nitrogen and oxygen atoms in total. The van der Waals surface area contributed by atoms with Crippen molar-refractivity contribution in [1.82, 2.24) is 5.32 Å². The van der Waals surface area contributed by atoms with Gasteiger partial charge in [0.1, 0.15) is 5.75 Å². The van der Waals surface area contributed by atoms with Gasteiger partial charge < -0.3 is 15.0 Å². The number of anilines is 1. The zero-order valence-electron chi connectivity index (χ0n) is 15.2. The summed E-state index contributed by atoms with van der Waals surface area (Å²) in [7, 11) is 0. The Labute approximate surface area is 154 Å². The predicted molar refractivity (Wildman–Crippen MR) is 101 cm³/mol. The second kappa shape index (κ2) is 8.04. The lowest BCUT2D eigenvalue weighted by atomic mass is 10.1. The highest BCUT2D eigenvalue weighted by Crippen LogP contribution is 2.25. The van der Waals surface area contributed by atoms with Crippen LogP contribution < -0.4 is 15.0 Å². The highest BCUT2D eigenvalue weighted by molar-refractivity contribution is 5.95. The first-order chi connectivity index (χ1) is 12.5. The Morgan fingerprint density at radius 1 is 1.15 bits per heavy atom. The quantitative estimate of drug-likeness (QED) is 0.870. The summed E-state index contributed by atoms with van der Waals surface area (Å²) in [5.74, 6) is 0.759. The minimum Gasteiger partial charge on any atom is -0.484 e. The number of para-hydroxylation sites is 1. The number of ether oxygens (including phenoxy) is 1. The number of nitrogens with one attached hydrogen (secondary N) is 1. The zero-order valence-corrected chi connectivity index (χ0v) is 15.2. The van der Waals surface area contributed by atoms with Gasteiger partial charge in [0, 0.05) is 31.1 Å². The van der Waals surface area contributed by atoms with E-state index in [1.54, 1.807) is 4.90 Å². The standard InChI is InChI=1S/C21H24N2O3/c1-15-7-9-18(10-8-15)23-13-17(11-21(23)25)12-22-20(24)14-26-19-6-4-3-5-16(19)2/h3-10,17H,11-14H2,1-2H3,(H,22,24). The van der Waals surface area contributed by atoms with E-state index in [-0.39, 0.29) is 24.3 Å². The number of nitrogens with zero attached hydrogens (tertiary/aromatic N) is 1. The first-order valence-electron chi connectivity index (χ1n) is 8.85. The number of carbonyl (C=O) groups excluding carboxylic acids is 2. The highest BCUT2D eigenvalue weighted by Gasteiger charge is 2.30. The van der Waals surface area contributed by atoms with Gasteiger partial charge in [-0.1, -0.05) is 35.9 Å². The lowest BCUT2D eigenvalue weighted by molar-refractivity contribution is -0.123. The van der Waals surface area contributed by atoms with Crippen LogP contribution >= 0.6 is 0 Å². The van der Waals surface area contributed by atoms with E-state index >= 15 is 0 Å². The molecule has 1 aliphatic heterocycles. The highest BCUT2D eigenvalue weighted by atomic mass is 16.5. The van der Waals surface area contributed by atoms with Gasteiger partial charge in [0.2, 0.25) is 5.91 Å². The summed E-state index contributed by atoms with van der Waals surface area (Å²) >= 11 is 0. The predicted octanol–water partition coefficient (Wildman–Crippen LogP) is 2.85. The van der Waals surface area contributed by atoms with Crippen LogP contribution in [0.25, 0.3) is 0 Å². The molecule has 1 fully saturated rings. The first kappa shape index (κ1) is 18.0. The summed E-state index contributed by atoms with van der Waals surface area (Å²) in [6, 6.07) is 15.5. The number of amides is 2. The van der Waals surface area contributed by atoms with Crippen molar-refractivity contribution in [2.24, 2.45) is 5.92 Å². The molecule has 1 heterocycles. The van der Waals surface area contributed by atoms with Crippen LogP contribution in [-0.2, 0) is 9.59 Å². The van der Waals surface area contributed by atoms with Crippen LogP contribution in [0.15, 0.2) is 48.5 Å². The summed E-state index contributed by atoms with van der Waals surface area (Å²) in [4.78, 5) is 26.1. The normalized spacial score (nSPS) is 16.6. The molecule has 136 valence electrons. The fraction of sp³-hybridized carbons (Fsp3) is 0.333. The van der Waals surface area contributed by atoms with Crippen molar-refractivity contribution >= 4 is 17.5 Å². The molecule has 2 aromatic rings. The van der Waals surface area contributed by atoms with Crippen molar-refractivity contribution in [3.05, 3.63) is 59.7 Å². The van der Waals surface area contributed by atoms with Gasteiger partial charge in [0.05, 0.1) is 0 Å². The molecule has 1 N–H and O–H groups in total. The molecule has 1 unspecified atom stereocenters. The summed E-state index contributed by atoms with van der Waals surface area (Å²) < 4.78 is 5.55. The topological polar surface area (TPSA) is 58.6 Å². The van der Waals surface area contributed by atoms with Gasteiger partial charge in [0.25, 0.3) is 5.91 Å². The van der Waals surface area contributed by atoms with Crippen LogP contribution in [0.4, 0.5) is 5.69 Å². The molecule has 1 atom stereocenters. The Morgan fingerprint density at radius 2 is 1.88 bits per heavy atom. The van der Waals surface area contributed by atoms with E-state index < -0.39 is 0 Å². The van der Waals surface area contributed by atoms with Crippen LogP contribution in [0, 0.1) is 19.8 Å². The van der Waals surface area contributed by atoms with Crippen molar-refractivity contribution in [2.45, 2.75) is 20.3 Å². The monoisotopic (exact) mass is 352 g/mol. The molecule has 2 amide bonds. The maximum Gasteiger partial charge on any atom is 0.257 e. The molecule has 0 bridgehead atoms. The first-order valence-corrected chi connectivity index (χ1v) is 8.85. The molecule has 0 saturated carbocycles. The maximum absolute atomic E-state index is 12.3. The number of benzene rings is 2. The Balaban J connectivity index is 1.46. The van der Waals surface area contributed by atoms with Gasteiger partial charge in [-0.25, -0.2) is 0 Å². The molecular formula is C21H24N2O3. The third-order valence-corrected chi connectivity index (χ3v) is 4.59. The summed E-state index contributed by atoms with van der Waals surface area (Å²) in [6.45, 7) is 5.04. The maximum atomic E-state index is 12.3. The van der Waals surface area contributed by atoms with Gasteiger partial charge >= 0.3 is 0 Å². The summed E-state index contributed by atoms with van der Waals surface area (Å²) in [5.41, 5.74) is 3.07. The third-order valence-electron chi connectivity index (χ3n) is 4.59. The van der Waals surface area contributed by atoms with Crippen molar-refractivity contribution in [1.29, 1.82) is 0 Å². The Bertz CT molecular complexity index is 786. The van der Waals surface area contributed by atoms with E-state index in [1.165, 1.54) is 0 Å². The molecule has 0 aliphatic carbocycles. The van der Waals surface area contributed by atoms with Gasteiger partial charge in [-0.05, 0) is 37.6 Å². The molecule has 0 spiro atoms. The number of hydrogen-bond donors (Lipinski definition) is 1. The van der Waals surface area contributed by atoms with E-state index in [0.29, 0.717) is 25.3 Å². The van der Waals surface area contributed by atoms with Gasteiger partial charge in [-0.3, -0.25) is 9.59 Å². The Hall–Kier alpha value is -2.82. The lowest BCUT2D eigenvalue weighted by Gasteiger charge is -2.17. The Morgan fingerprint density at radius 3 is 2.62 bits per heavy atom. The molecule has 5 heteroatoms. The van der Waals surface area contributed by atoms with E-state index in [4.69, 9.17) is 4.74 Å². The molecule has 2 aromatic carbocycles. The van der Waals surface area contributed by atoms with Gasteiger partial charge in [0.15, 0.2) is 6.61 Å². The van der Waals surface area contributed by atoms with E-state index in [0.717, 1.165) is 16.8 Å². The van der Waals surface area contributed by atoms with Gasteiger partial charge in [-0.15, -0.1) is 0 Å². The van der Waals surface area contributed by atoms with Crippen LogP contribution in [0.1, 0.15) is 17.5 Å². The molecule has 1 saturated heterocycles. The molecule has 3 rings (SSSR count). The fourth-order valence-electron chi connectivity index (χ4n) is 3.06. The van der Waals surface area contributed by atoms with Crippen LogP contribution in [-0.4, -0.2) is 31.5 Å². The smallest absolute Gasteiger partial charge is 0.257 e. The van der Waals surface area contributed by atoms with Gasteiger partial charge in [-0.2, -0.15) is 0 Å². The largest absolute Gasteiger partial charge is 0.484 e. The van der Waals surface area contributed by atoms with Crippen molar-refractivity contribution in [3.63, 3.8) is 0 Å². The Kier molecular flexibility index (Phi) is 5.56. The third kappa shape index (κ3) is 4.42. The van der Waals surface area contributed by atoms with E-state index in [1.807, 2.05) is 62.4 Å². The van der Waals surface area contributed by atoms with Crippen molar-refractivity contribution < 1.29 is 14.3 Å². The molecule has 26 heavy (non-hydrogen) atoms. The van der Waals surface area contributed by atoms with Crippen molar-refractivity contribution in [2.75, 3.05) is 24.6 Å². The SMILES string of the molecule is Cc1ccc(N2CC(CNC(=O)COc3ccccc3C)CC2=O)cc1. The average molecular weight is 352 g/mol. The van der Waals surface area contributed by atoms with E-state index in [9.17, 15) is 9.59 Å². The molecule has 0 aromatic heterocycles. The van der Waals surface area contributed by atoms with Crippen molar-refractivity contribution in [3.8, 4) is 5.75 Å².